The van der Waals surface area contributed by atoms with Gasteiger partial charge in [-0.25, -0.2) is 8.42 Å². The van der Waals surface area contributed by atoms with Gasteiger partial charge < -0.3 is 5.11 Å². The molecule has 5 nitrogen and oxygen atoms in total. The van der Waals surface area contributed by atoms with E-state index in [4.69, 9.17) is 39.9 Å². The van der Waals surface area contributed by atoms with Gasteiger partial charge in [0.25, 0.3) is 10.0 Å². The number of aliphatic carboxylic acids is 1. The molecule has 0 aliphatic heterocycles. The summed E-state index contributed by atoms with van der Waals surface area (Å²) in [6.07, 6.45) is 0. The zero-order chi connectivity index (χ0) is 17.2. The smallest absolute Gasteiger partial charge is 0.324 e. The maximum Gasteiger partial charge on any atom is 0.324 e. The third kappa shape index (κ3) is 4.09. The molecule has 1 N–H and O–H groups in total. The lowest BCUT2D eigenvalue weighted by Crippen LogP contribution is -2.35. The van der Waals surface area contributed by atoms with E-state index < -0.39 is 22.5 Å². The highest BCUT2D eigenvalue weighted by molar-refractivity contribution is 7.93. The summed E-state index contributed by atoms with van der Waals surface area (Å²) in [5, 5.41) is 9.42. The first kappa shape index (κ1) is 17.9. The molecular weight excluding hydrogens is 385 g/mol. The van der Waals surface area contributed by atoms with Gasteiger partial charge >= 0.3 is 5.97 Å². The third-order valence-electron chi connectivity index (χ3n) is 2.84. The second-order valence-electron chi connectivity index (χ2n) is 4.46. The molecule has 9 heteroatoms. The van der Waals surface area contributed by atoms with E-state index in [0.717, 1.165) is 0 Å². The average molecular weight is 395 g/mol. The Balaban J connectivity index is 2.62. The molecule has 0 aliphatic carbocycles. The van der Waals surface area contributed by atoms with Crippen LogP contribution in [-0.2, 0) is 14.8 Å². The molecule has 0 atom stereocenters. The topological polar surface area (TPSA) is 74.7 Å². The molecule has 2 aromatic rings. The lowest BCUT2D eigenvalue weighted by molar-refractivity contribution is -0.135. The lowest BCUT2D eigenvalue weighted by atomic mass is 10.3. The number of hydrogen-bond acceptors (Lipinski definition) is 3. The zero-order valence-corrected chi connectivity index (χ0v) is 14.5. The molecule has 0 bridgehead atoms. The summed E-state index contributed by atoms with van der Waals surface area (Å²) in [6, 6.07) is 9.77. The van der Waals surface area contributed by atoms with Crippen LogP contribution in [0.3, 0.4) is 0 Å². The van der Waals surface area contributed by atoms with Crippen molar-refractivity contribution < 1.29 is 18.3 Å². The van der Waals surface area contributed by atoms with Crippen molar-refractivity contribution in [1.82, 2.24) is 0 Å². The fourth-order valence-electron chi connectivity index (χ4n) is 1.86. The molecule has 0 spiro atoms. The molecular formula is C14H10Cl3NO4S. The van der Waals surface area contributed by atoms with Gasteiger partial charge in [-0.3, -0.25) is 9.10 Å². The summed E-state index contributed by atoms with van der Waals surface area (Å²) in [6.45, 7) is -0.786. The van der Waals surface area contributed by atoms with E-state index in [9.17, 15) is 13.2 Å². The number of carboxylic acid groups (broad SMARTS) is 1. The van der Waals surface area contributed by atoms with E-state index in [0.29, 0.717) is 4.31 Å². The predicted molar refractivity (Wildman–Crippen MR) is 90.1 cm³/mol. The molecule has 0 fully saturated rings. The van der Waals surface area contributed by atoms with Crippen LogP contribution in [0.5, 0.6) is 0 Å². The Labute approximate surface area is 148 Å². The predicted octanol–water partition coefficient (Wildman–Crippen LogP) is 3.93. The summed E-state index contributed by atoms with van der Waals surface area (Å²) >= 11 is 17.6. The Morgan fingerprint density at radius 1 is 1.04 bits per heavy atom. The molecule has 2 aromatic carbocycles. The molecule has 122 valence electrons. The number of anilines is 1. The van der Waals surface area contributed by atoms with Crippen LogP contribution in [0.1, 0.15) is 0 Å². The maximum atomic E-state index is 12.8. The lowest BCUT2D eigenvalue weighted by Gasteiger charge is -2.23. The van der Waals surface area contributed by atoms with Crippen LogP contribution in [-0.4, -0.2) is 26.0 Å². The summed E-state index contributed by atoms with van der Waals surface area (Å²) < 4.78 is 26.4. The Hall–Kier alpha value is -1.47. The van der Waals surface area contributed by atoms with Gasteiger partial charge in [-0.2, -0.15) is 0 Å². The Bertz CT molecular complexity index is 855. The Morgan fingerprint density at radius 2 is 1.70 bits per heavy atom. The first-order valence-electron chi connectivity index (χ1n) is 6.17. The highest BCUT2D eigenvalue weighted by Gasteiger charge is 2.29. The van der Waals surface area contributed by atoms with Crippen LogP contribution in [0.4, 0.5) is 5.69 Å². The molecule has 23 heavy (non-hydrogen) atoms. The number of rotatable bonds is 5. The fraction of sp³-hybridized carbons (Fsp3) is 0.0714. The van der Waals surface area contributed by atoms with Crippen molar-refractivity contribution in [3.63, 3.8) is 0 Å². The van der Waals surface area contributed by atoms with Crippen LogP contribution < -0.4 is 4.31 Å². The minimum atomic E-state index is -4.24. The van der Waals surface area contributed by atoms with Crippen molar-refractivity contribution in [3.05, 3.63) is 57.5 Å². The van der Waals surface area contributed by atoms with Crippen LogP contribution in [0.2, 0.25) is 15.1 Å². The molecule has 0 radical (unpaired) electrons. The summed E-state index contributed by atoms with van der Waals surface area (Å²) in [5.74, 6) is -1.33. The first-order valence-corrected chi connectivity index (χ1v) is 8.74. The van der Waals surface area contributed by atoms with Crippen LogP contribution in [0.25, 0.3) is 0 Å². The van der Waals surface area contributed by atoms with Gasteiger partial charge in [-0.05, 0) is 36.4 Å². The highest BCUT2D eigenvalue weighted by Crippen LogP contribution is 2.31. The van der Waals surface area contributed by atoms with Crippen LogP contribution in [0.15, 0.2) is 47.4 Å². The molecule has 0 saturated carbocycles. The second-order valence-corrected chi connectivity index (χ2v) is 7.57. The SMILES string of the molecule is O=C(O)CN(c1cccc(Cl)c1)S(=O)(=O)c1cc(Cl)ccc1Cl. The molecule has 0 aromatic heterocycles. The molecule has 2 rings (SSSR count). The van der Waals surface area contributed by atoms with E-state index in [-0.39, 0.29) is 25.7 Å². The molecule has 0 saturated heterocycles. The van der Waals surface area contributed by atoms with Crippen molar-refractivity contribution in [2.75, 3.05) is 10.8 Å². The van der Waals surface area contributed by atoms with Gasteiger partial charge in [0.15, 0.2) is 0 Å². The summed E-state index contributed by atoms with van der Waals surface area (Å²) in [7, 11) is -4.24. The van der Waals surface area contributed by atoms with Crippen molar-refractivity contribution in [1.29, 1.82) is 0 Å². The highest BCUT2D eigenvalue weighted by atomic mass is 35.5. The Kier molecular flexibility index (Phi) is 5.41. The van der Waals surface area contributed by atoms with E-state index in [1.165, 1.54) is 36.4 Å². The molecule has 0 unspecified atom stereocenters. The first-order chi connectivity index (χ1) is 10.7. The van der Waals surface area contributed by atoms with Gasteiger partial charge in [-0.1, -0.05) is 40.9 Å². The van der Waals surface area contributed by atoms with Crippen molar-refractivity contribution >= 4 is 56.5 Å². The average Bonchev–Trinajstić information content (AvgIpc) is 2.47. The van der Waals surface area contributed by atoms with Gasteiger partial charge in [0.1, 0.15) is 11.4 Å². The monoisotopic (exact) mass is 393 g/mol. The van der Waals surface area contributed by atoms with Gasteiger partial charge in [0.05, 0.1) is 10.7 Å². The number of carboxylic acids is 1. The zero-order valence-electron chi connectivity index (χ0n) is 11.4. The van der Waals surface area contributed by atoms with Gasteiger partial charge in [0.2, 0.25) is 0 Å². The van der Waals surface area contributed by atoms with E-state index >= 15 is 0 Å². The van der Waals surface area contributed by atoms with Gasteiger partial charge in [0, 0.05) is 10.0 Å². The fourth-order valence-corrected chi connectivity index (χ4v) is 4.19. The van der Waals surface area contributed by atoms with E-state index in [1.807, 2.05) is 0 Å². The van der Waals surface area contributed by atoms with Crippen molar-refractivity contribution in [2.24, 2.45) is 0 Å². The molecule has 0 heterocycles. The number of hydrogen-bond donors (Lipinski definition) is 1. The normalized spacial score (nSPS) is 11.3. The summed E-state index contributed by atoms with van der Waals surface area (Å²) in [4.78, 5) is 10.8. The van der Waals surface area contributed by atoms with E-state index in [1.54, 1.807) is 6.07 Å². The van der Waals surface area contributed by atoms with Crippen LogP contribution in [0, 0.1) is 0 Å². The van der Waals surface area contributed by atoms with E-state index in [2.05, 4.69) is 0 Å². The minimum Gasteiger partial charge on any atom is -0.480 e. The minimum absolute atomic E-state index is 0.0631. The third-order valence-corrected chi connectivity index (χ3v) is 5.56. The quantitative estimate of drug-likeness (QED) is 0.834. The van der Waals surface area contributed by atoms with Crippen molar-refractivity contribution in [3.8, 4) is 0 Å². The van der Waals surface area contributed by atoms with Crippen LogP contribution >= 0.6 is 34.8 Å². The number of halogens is 3. The molecule has 0 aliphatic rings. The standard InChI is InChI=1S/C14H10Cl3NO4S/c15-9-2-1-3-11(6-9)18(8-14(19)20)23(21,22)13-7-10(16)4-5-12(13)17/h1-7H,8H2,(H,19,20). The Morgan fingerprint density at radius 3 is 2.30 bits per heavy atom. The number of benzene rings is 2. The number of nitrogens with zero attached hydrogens (tertiary/aromatic N) is 1. The number of sulfonamides is 1. The van der Waals surface area contributed by atoms with Gasteiger partial charge in [-0.15, -0.1) is 0 Å². The maximum absolute atomic E-state index is 12.8. The molecule has 0 amide bonds. The number of carbonyl (C=O) groups is 1. The second kappa shape index (κ2) is 6.97. The largest absolute Gasteiger partial charge is 0.480 e. The van der Waals surface area contributed by atoms with Crippen molar-refractivity contribution in [2.45, 2.75) is 4.90 Å². The summed E-state index contributed by atoms with van der Waals surface area (Å²) in [5.41, 5.74) is 0.107.